The predicted octanol–water partition coefficient (Wildman–Crippen LogP) is 0.342. The van der Waals surface area contributed by atoms with Crippen molar-refractivity contribution >= 4 is 21.6 Å². The Balaban J connectivity index is 1.96. The summed E-state index contributed by atoms with van der Waals surface area (Å²) in [5.41, 5.74) is 0. The Morgan fingerprint density at radius 3 is 2.63 bits per heavy atom. The SMILES string of the molecule is Cc1noc(CCNS(=O)(=O)c2cnc(Cl)nc2)n1. The third-order valence-corrected chi connectivity index (χ3v) is 3.72. The van der Waals surface area contributed by atoms with Gasteiger partial charge in [0.15, 0.2) is 5.82 Å². The summed E-state index contributed by atoms with van der Waals surface area (Å²) in [4.78, 5) is 11.1. The van der Waals surface area contributed by atoms with Crippen molar-refractivity contribution < 1.29 is 12.9 Å². The molecule has 0 spiro atoms. The maximum Gasteiger partial charge on any atom is 0.243 e. The van der Waals surface area contributed by atoms with Gasteiger partial charge in [0.1, 0.15) is 4.90 Å². The van der Waals surface area contributed by atoms with E-state index in [4.69, 9.17) is 16.1 Å². The van der Waals surface area contributed by atoms with E-state index in [9.17, 15) is 8.42 Å². The van der Waals surface area contributed by atoms with Crippen LogP contribution in [0, 0.1) is 6.92 Å². The summed E-state index contributed by atoms with van der Waals surface area (Å²) >= 11 is 5.48. The summed E-state index contributed by atoms with van der Waals surface area (Å²) in [6.45, 7) is 1.81. The predicted molar refractivity (Wildman–Crippen MR) is 65.0 cm³/mol. The van der Waals surface area contributed by atoms with Crippen molar-refractivity contribution in [1.82, 2.24) is 24.8 Å². The third kappa shape index (κ3) is 3.69. The molecule has 0 aliphatic rings. The number of aromatic nitrogens is 4. The second-order valence-electron chi connectivity index (χ2n) is 3.57. The maximum atomic E-state index is 11.8. The highest BCUT2D eigenvalue weighted by atomic mass is 35.5. The van der Waals surface area contributed by atoms with Gasteiger partial charge < -0.3 is 4.52 Å². The summed E-state index contributed by atoms with van der Waals surface area (Å²) in [7, 11) is -3.66. The fourth-order valence-corrected chi connectivity index (χ4v) is 2.27. The van der Waals surface area contributed by atoms with E-state index in [1.54, 1.807) is 6.92 Å². The minimum atomic E-state index is -3.66. The van der Waals surface area contributed by atoms with Crippen LogP contribution in [0.4, 0.5) is 0 Å². The van der Waals surface area contributed by atoms with Gasteiger partial charge in [0.2, 0.25) is 21.2 Å². The van der Waals surface area contributed by atoms with Crippen LogP contribution >= 0.6 is 11.6 Å². The fraction of sp³-hybridized carbons (Fsp3) is 0.333. The highest BCUT2D eigenvalue weighted by molar-refractivity contribution is 7.89. The molecule has 19 heavy (non-hydrogen) atoms. The highest BCUT2D eigenvalue weighted by Crippen LogP contribution is 2.07. The first kappa shape index (κ1) is 13.8. The Morgan fingerprint density at radius 1 is 1.37 bits per heavy atom. The second kappa shape index (κ2) is 5.59. The standard InChI is InChI=1S/C9H10ClN5O3S/c1-6-14-8(18-15-6)2-3-13-19(16,17)7-4-11-9(10)12-5-7/h4-5,13H,2-3H2,1H3. The Kier molecular flexibility index (Phi) is 4.08. The molecule has 0 bridgehead atoms. The Labute approximate surface area is 114 Å². The summed E-state index contributed by atoms with van der Waals surface area (Å²) in [5, 5.41) is 3.59. The zero-order chi connectivity index (χ0) is 13.9. The number of nitrogens with one attached hydrogen (secondary N) is 1. The first-order chi connectivity index (χ1) is 8.97. The number of sulfonamides is 1. The largest absolute Gasteiger partial charge is 0.339 e. The lowest BCUT2D eigenvalue weighted by Gasteiger charge is -2.04. The molecule has 2 rings (SSSR count). The van der Waals surface area contributed by atoms with Crippen molar-refractivity contribution in [3.63, 3.8) is 0 Å². The van der Waals surface area contributed by atoms with E-state index in [0.29, 0.717) is 18.1 Å². The molecule has 0 aliphatic heterocycles. The van der Waals surface area contributed by atoms with Crippen LogP contribution in [0.3, 0.4) is 0 Å². The monoisotopic (exact) mass is 303 g/mol. The fourth-order valence-electron chi connectivity index (χ4n) is 1.26. The van der Waals surface area contributed by atoms with Crippen LogP contribution < -0.4 is 4.72 Å². The van der Waals surface area contributed by atoms with Crippen LogP contribution in [-0.4, -0.2) is 35.1 Å². The topological polar surface area (TPSA) is 111 Å². The molecule has 0 saturated heterocycles. The van der Waals surface area contributed by atoms with Gasteiger partial charge in [0, 0.05) is 13.0 Å². The lowest BCUT2D eigenvalue weighted by Crippen LogP contribution is -2.26. The normalized spacial score (nSPS) is 11.7. The van der Waals surface area contributed by atoms with Gasteiger partial charge in [-0.3, -0.25) is 0 Å². The minimum absolute atomic E-state index is 0.0136. The molecule has 0 radical (unpaired) electrons. The number of halogens is 1. The summed E-state index contributed by atoms with van der Waals surface area (Å²) in [6.07, 6.45) is 2.57. The van der Waals surface area contributed by atoms with Gasteiger partial charge in [-0.15, -0.1) is 0 Å². The number of hydrogen-bond donors (Lipinski definition) is 1. The second-order valence-corrected chi connectivity index (χ2v) is 5.68. The van der Waals surface area contributed by atoms with E-state index in [0.717, 1.165) is 12.4 Å². The number of rotatable bonds is 5. The molecule has 0 atom stereocenters. The molecule has 10 heteroatoms. The third-order valence-electron chi connectivity index (χ3n) is 2.11. The molecule has 1 N–H and O–H groups in total. The van der Waals surface area contributed by atoms with E-state index in [1.165, 1.54) is 0 Å². The maximum absolute atomic E-state index is 11.8. The van der Waals surface area contributed by atoms with Gasteiger partial charge in [-0.2, -0.15) is 4.98 Å². The van der Waals surface area contributed by atoms with Gasteiger partial charge in [-0.05, 0) is 18.5 Å². The van der Waals surface area contributed by atoms with Crippen LogP contribution in [0.25, 0.3) is 0 Å². The molecular formula is C9H10ClN5O3S. The van der Waals surface area contributed by atoms with Crippen molar-refractivity contribution in [3.05, 3.63) is 29.4 Å². The summed E-state index contributed by atoms with van der Waals surface area (Å²) in [5.74, 6) is 0.872. The van der Waals surface area contributed by atoms with Crippen LogP contribution in [0.5, 0.6) is 0 Å². The molecule has 2 heterocycles. The smallest absolute Gasteiger partial charge is 0.243 e. The molecule has 0 aromatic carbocycles. The van der Waals surface area contributed by atoms with Gasteiger partial charge in [-0.1, -0.05) is 5.16 Å². The van der Waals surface area contributed by atoms with Crippen molar-refractivity contribution in [2.45, 2.75) is 18.2 Å². The molecule has 2 aromatic rings. The Morgan fingerprint density at radius 2 is 2.05 bits per heavy atom. The van der Waals surface area contributed by atoms with Gasteiger partial charge in [0.25, 0.3) is 0 Å². The van der Waals surface area contributed by atoms with Gasteiger partial charge in [0.05, 0.1) is 12.4 Å². The van der Waals surface area contributed by atoms with Crippen LogP contribution in [0.2, 0.25) is 5.28 Å². The summed E-state index contributed by atoms with van der Waals surface area (Å²) in [6, 6.07) is 0. The molecule has 2 aromatic heterocycles. The first-order valence-electron chi connectivity index (χ1n) is 5.24. The zero-order valence-corrected chi connectivity index (χ0v) is 11.4. The first-order valence-corrected chi connectivity index (χ1v) is 7.10. The number of aryl methyl sites for hydroxylation is 1. The van der Waals surface area contributed by atoms with Crippen molar-refractivity contribution in [2.75, 3.05) is 6.54 Å². The lowest BCUT2D eigenvalue weighted by molar-refractivity contribution is 0.375. The number of nitrogens with zero attached hydrogens (tertiary/aromatic N) is 4. The minimum Gasteiger partial charge on any atom is -0.339 e. The molecule has 0 fully saturated rings. The van der Waals surface area contributed by atoms with Crippen molar-refractivity contribution in [3.8, 4) is 0 Å². The molecule has 0 saturated carbocycles. The van der Waals surface area contributed by atoms with Gasteiger partial charge >= 0.3 is 0 Å². The van der Waals surface area contributed by atoms with Crippen molar-refractivity contribution in [1.29, 1.82) is 0 Å². The van der Waals surface area contributed by atoms with Crippen molar-refractivity contribution in [2.24, 2.45) is 0 Å². The molecular weight excluding hydrogens is 294 g/mol. The number of hydrogen-bond acceptors (Lipinski definition) is 7. The molecule has 8 nitrogen and oxygen atoms in total. The van der Waals surface area contributed by atoms with Gasteiger partial charge in [-0.25, -0.2) is 23.1 Å². The van der Waals surface area contributed by atoms with Crippen LogP contribution in [0.1, 0.15) is 11.7 Å². The van der Waals surface area contributed by atoms with E-state index in [1.807, 2.05) is 0 Å². The zero-order valence-electron chi connectivity index (χ0n) is 9.87. The molecule has 0 unspecified atom stereocenters. The summed E-state index contributed by atoms with van der Waals surface area (Å²) < 4.78 is 30.9. The average molecular weight is 304 g/mol. The lowest BCUT2D eigenvalue weighted by atomic mass is 10.4. The average Bonchev–Trinajstić information content (AvgIpc) is 2.75. The quantitative estimate of drug-likeness (QED) is 0.793. The van der Waals surface area contributed by atoms with Crippen LogP contribution in [0.15, 0.2) is 21.8 Å². The molecule has 0 amide bonds. The van der Waals surface area contributed by atoms with E-state index in [2.05, 4.69) is 24.8 Å². The Bertz CT molecular complexity index is 655. The molecule has 102 valence electrons. The van der Waals surface area contributed by atoms with E-state index in [-0.39, 0.29) is 16.7 Å². The highest BCUT2D eigenvalue weighted by Gasteiger charge is 2.15. The molecule has 0 aliphatic carbocycles. The van der Waals surface area contributed by atoms with E-state index >= 15 is 0 Å². The van der Waals surface area contributed by atoms with E-state index < -0.39 is 10.0 Å². The Hall–Kier alpha value is -1.58. The van der Waals surface area contributed by atoms with Crippen LogP contribution in [-0.2, 0) is 16.4 Å².